The van der Waals surface area contributed by atoms with Crippen molar-refractivity contribution >= 4 is 28.4 Å². The number of carbonyl (C=O) groups is 1. The van der Waals surface area contributed by atoms with Gasteiger partial charge < -0.3 is 15.0 Å². The zero-order valence-corrected chi connectivity index (χ0v) is 19.7. The van der Waals surface area contributed by atoms with E-state index in [0.717, 1.165) is 15.8 Å². The highest BCUT2D eigenvalue weighted by molar-refractivity contribution is 5.89. The van der Waals surface area contributed by atoms with Gasteiger partial charge in [-0.05, 0) is 31.0 Å². The van der Waals surface area contributed by atoms with Crippen molar-refractivity contribution in [1.29, 1.82) is 0 Å². The zero-order chi connectivity index (χ0) is 28.9. The fraction of sp³-hybridized carbons (Fsp3) is 0.435. The number of nitrogens with zero attached hydrogens (tertiary/aromatic N) is 7. The summed E-state index contributed by atoms with van der Waals surface area (Å²) in [4.78, 5) is 17.2. The highest BCUT2D eigenvalue weighted by Crippen LogP contribution is 2.36. The molecule has 0 unspecified atom stereocenters. The molecule has 0 saturated carbocycles. The van der Waals surface area contributed by atoms with E-state index in [1.54, 1.807) is 6.07 Å². The van der Waals surface area contributed by atoms with Gasteiger partial charge in [-0.15, -0.1) is 10.2 Å². The molecular weight excluding hydrogens is 496 g/mol. The standard InChI is InChI=1S/C23H24F4N8O2/c1-11(21(26)27)35-18-8-13(4-5-17(18)30-32-35)19-15(25)10-34-20(19)22(37-3)29-23(31-34)28-16-6-7-33(12(2)36)9-14(16)24/h4-5,8,10-11,14,16,21H,6-7,9H2,1-3H3,(H,28,31)/t11-,14-,16+/m1/s1/i2D3. The van der Waals surface area contributed by atoms with Crippen molar-refractivity contribution in [3.8, 4) is 17.0 Å². The number of fused-ring (bicyclic) bond motifs is 2. The van der Waals surface area contributed by atoms with Crippen LogP contribution < -0.4 is 10.1 Å². The summed E-state index contributed by atoms with van der Waals surface area (Å²) in [5.74, 6) is -1.96. The number of halogens is 4. The molecule has 1 N–H and O–H groups in total. The number of piperidine rings is 1. The van der Waals surface area contributed by atoms with Gasteiger partial charge in [0.25, 0.3) is 6.43 Å². The Hall–Kier alpha value is -3.97. The second kappa shape index (κ2) is 9.48. The van der Waals surface area contributed by atoms with Crippen LogP contribution in [0.3, 0.4) is 0 Å². The monoisotopic (exact) mass is 523 g/mol. The molecule has 1 amide bonds. The molecule has 14 heteroatoms. The second-order valence-corrected chi connectivity index (χ2v) is 8.71. The van der Waals surface area contributed by atoms with Gasteiger partial charge in [0.1, 0.15) is 23.2 Å². The van der Waals surface area contributed by atoms with Crippen LogP contribution in [0, 0.1) is 5.82 Å². The van der Waals surface area contributed by atoms with Crippen LogP contribution in [0.4, 0.5) is 23.5 Å². The second-order valence-electron chi connectivity index (χ2n) is 8.71. The summed E-state index contributed by atoms with van der Waals surface area (Å²) in [6.07, 6.45) is -3.16. The number of anilines is 1. The van der Waals surface area contributed by atoms with E-state index in [1.165, 1.54) is 30.7 Å². The lowest BCUT2D eigenvalue weighted by atomic mass is 10.0. The van der Waals surface area contributed by atoms with Crippen molar-refractivity contribution in [2.24, 2.45) is 0 Å². The lowest BCUT2D eigenvalue weighted by Crippen LogP contribution is -2.49. The first-order valence-electron chi connectivity index (χ1n) is 12.9. The summed E-state index contributed by atoms with van der Waals surface area (Å²) in [5.41, 5.74) is 1.13. The number of likely N-dealkylation sites (tertiary alicyclic amines) is 1. The molecule has 37 heavy (non-hydrogen) atoms. The van der Waals surface area contributed by atoms with Crippen LogP contribution in [0.2, 0.25) is 0 Å². The summed E-state index contributed by atoms with van der Waals surface area (Å²) < 4.78 is 86.3. The number of aromatic nitrogens is 6. The number of carbonyl (C=O) groups excluding carboxylic acids is 1. The minimum atomic E-state index is -2.86. The topological polar surface area (TPSA) is 102 Å². The maximum absolute atomic E-state index is 15.3. The average molecular weight is 524 g/mol. The van der Waals surface area contributed by atoms with E-state index in [-0.39, 0.29) is 41.4 Å². The molecule has 196 valence electrons. The van der Waals surface area contributed by atoms with Gasteiger partial charge in [-0.3, -0.25) is 4.79 Å². The van der Waals surface area contributed by atoms with Gasteiger partial charge in [0.2, 0.25) is 17.7 Å². The maximum Gasteiger partial charge on any atom is 0.260 e. The molecule has 0 bridgehead atoms. The largest absolute Gasteiger partial charge is 0.479 e. The summed E-state index contributed by atoms with van der Waals surface area (Å²) in [6.45, 7) is -1.98. The van der Waals surface area contributed by atoms with E-state index in [9.17, 15) is 18.0 Å². The average Bonchev–Trinajstić information content (AvgIpc) is 3.47. The van der Waals surface area contributed by atoms with Gasteiger partial charge in [0.15, 0.2) is 5.82 Å². The van der Waals surface area contributed by atoms with Crippen LogP contribution in [0.15, 0.2) is 24.4 Å². The quantitative estimate of drug-likeness (QED) is 0.386. The van der Waals surface area contributed by atoms with Gasteiger partial charge in [-0.1, -0.05) is 11.3 Å². The SMILES string of the molecule is [2H]C([2H])([2H])C(=O)N1CC[C@H](Nc2nc(OC)c3c(-c4ccc5nnn([C@H](C)C(F)F)c5c4)c(F)cn3n2)[C@H](F)C1. The Bertz CT molecular complexity index is 1580. The number of benzene rings is 1. The van der Waals surface area contributed by atoms with Crippen molar-refractivity contribution in [3.05, 3.63) is 30.2 Å². The van der Waals surface area contributed by atoms with Crippen LogP contribution in [0.1, 0.15) is 30.4 Å². The fourth-order valence-electron chi connectivity index (χ4n) is 4.42. The Morgan fingerprint density at radius 3 is 2.86 bits per heavy atom. The Kier molecular flexibility index (Phi) is 5.42. The normalized spacial score (nSPS) is 20.6. The Balaban J connectivity index is 1.46. The summed E-state index contributed by atoms with van der Waals surface area (Å²) in [7, 11) is 1.31. The molecule has 3 atom stereocenters. The van der Waals surface area contributed by atoms with Gasteiger partial charge in [-0.2, -0.15) is 4.98 Å². The van der Waals surface area contributed by atoms with Crippen LogP contribution >= 0.6 is 0 Å². The predicted octanol–water partition coefficient (Wildman–Crippen LogP) is 3.49. The molecular formula is C23H24F4N8O2. The van der Waals surface area contributed by atoms with Crippen LogP contribution in [-0.4, -0.2) is 79.2 Å². The lowest BCUT2D eigenvalue weighted by Gasteiger charge is -2.34. The molecule has 0 spiro atoms. The third kappa shape index (κ3) is 4.40. The van der Waals surface area contributed by atoms with Gasteiger partial charge in [0, 0.05) is 17.5 Å². The molecule has 0 aliphatic carbocycles. The Morgan fingerprint density at radius 2 is 2.16 bits per heavy atom. The van der Waals surface area contributed by atoms with Crippen LogP contribution in [0.5, 0.6) is 5.88 Å². The fourth-order valence-corrected chi connectivity index (χ4v) is 4.42. The molecule has 4 heterocycles. The number of rotatable bonds is 6. The predicted molar refractivity (Wildman–Crippen MR) is 126 cm³/mol. The summed E-state index contributed by atoms with van der Waals surface area (Å²) in [6, 6.07) is 2.46. The Labute approximate surface area is 212 Å². The molecule has 1 aromatic carbocycles. The van der Waals surface area contributed by atoms with Gasteiger partial charge >= 0.3 is 0 Å². The zero-order valence-electron chi connectivity index (χ0n) is 22.7. The smallest absolute Gasteiger partial charge is 0.260 e. The van der Waals surface area contributed by atoms with Crippen molar-refractivity contribution in [2.45, 2.75) is 44.9 Å². The number of amides is 1. The Morgan fingerprint density at radius 1 is 1.35 bits per heavy atom. The third-order valence-electron chi connectivity index (χ3n) is 6.40. The molecule has 5 rings (SSSR count). The van der Waals surface area contributed by atoms with Gasteiger partial charge in [0.05, 0.1) is 37.0 Å². The molecule has 1 aliphatic heterocycles. The van der Waals surface area contributed by atoms with E-state index in [2.05, 4.69) is 25.7 Å². The van der Waals surface area contributed by atoms with Crippen molar-refractivity contribution in [3.63, 3.8) is 0 Å². The van der Waals surface area contributed by atoms with Gasteiger partial charge in [-0.25, -0.2) is 26.8 Å². The minimum Gasteiger partial charge on any atom is -0.479 e. The molecule has 4 aromatic rings. The van der Waals surface area contributed by atoms with E-state index in [4.69, 9.17) is 8.85 Å². The number of ether oxygens (including phenoxy) is 1. The molecule has 1 fully saturated rings. The first-order chi connectivity index (χ1) is 18.9. The molecule has 3 aromatic heterocycles. The molecule has 10 nitrogen and oxygen atoms in total. The van der Waals surface area contributed by atoms with Crippen molar-refractivity contribution in [2.75, 3.05) is 25.5 Å². The molecule has 1 saturated heterocycles. The van der Waals surface area contributed by atoms with Crippen LogP contribution in [0.25, 0.3) is 27.7 Å². The van der Waals surface area contributed by atoms with Crippen LogP contribution in [-0.2, 0) is 4.79 Å². The van der Waals surface area contributed by atoms with E-state index >= 15 is 4.39 Å². The summed E-state index contributed by atoms with van der Waals surface area (Å²) >= 11 is 0. The maximum atomic E-state index is 15.3. The third-order valence-corrected chi connectivity index (χ3v) is 6.40. The van der Waals surface area contributed by atoms with E-state index < -0.39 is 49.8 Å². The first-order valence-corrected chi connectivity index (χ1v) is 11.4. The number of alkyl halides is 3. The van der Waals surface area contributed by atoms with E-state index in [0.29, 0.717) is 11.1 Å². The minimum absolute atomic E-state index is 0.00901. The van der Waals surface area contributed by atoms with E-state index in [1.807, 2.05) is 0 Å². The highest BCUT2D eigenvalue weighted by Gasteiger charge is 2.31. The summed E-state index contributed by atoms with van der Waals surface area (Å²) in [5, 5.41) is 14.8. The first kappa shape index (κ1) is 21.1. The van der Waals surface area contributed by atoms with Crippen molar-refractivity contribution in [1.82, 2.24) is 34.5 Å². The number of hydrogen-bond donors (Lipinski definition) is 1. The molecule has 0 radical (unpaired) electrons. The highest BCUT2D eigenvalue weighted by atomic mass is 19.3. The number of nitrogens with one attached hydrogen (secondary N) is 1. The molecule has 1 aliphatic rings. The van der Waals surface area contributed by atoms with Crippen molar-refractivity contribution < 1.29 is 31.2 Å². The lowest BCUT2D eigenvalue weighted by molar-refractivity contribution is -0.131. The number of methoxy groups -OCH3 is 1. The number of hydrogen-bond acceptors (Lipinski definition) is 7.